The van der Waals surface area contributed by atoms with Crippen molar-refractivity contribution < 1.29 is 4.39 Å². The molecule has 0 amide bonds. The van der Waals surface area contributed by atoms with Crippen molar-refractivity contribution in [3.05, 3.63) is 35.1 Å². The van der Waals surface area contributed by atoms with Crippen molar-refractivity contribution in [1.82, 2.24) is 10.6 Å². The van der Waals surface area contributed by atoms with Crippen LogP contribution in [0.3, 0.4) is 0 Å². The van der Waals surface area contributed by atoms with E-state index in [0.717, 1.165) is 25.2 Å². The van der Waals surface area contributed by atoms with E-state index in [0.29, 0.717) is 11.5 Å². The number of hydrogen-bond acceptors (Lipinski definition) is 2. The average Bonchev–Trinajstić information content (AvgIpc) is 2.40. The summed E-state index contributed by atoms with van der Waals surface area (Å²) in [6.45, 7) is 7.14. The zero-order chi connectivity index (χ0) is 13.0. The van der Waals surface area contributed by atoms with Crippen molar-refractivity contribution in [3.8, 4) is 0 Å². The molecule has 100 valence electrons. The second kappa shape index (κ2) is 6.30. The van der Waals surface area contributed by atoms with E-state index in [9.17, 15) is 4.39 Å². The van der Waals surface area contributed by atoms with Crippen LogP contribution < -0.4 is 10.6 Å². The van der Waals surface area contributed by atoms with Crippen molar-refractivity contribution in [2.24, 2.45) is 5.92 Å². The molecular weight excluding hydrogens is 227 g/mol. The van der Waals surface area contributed by atoms with Crippen LogP contribution in [-0.2, 0) is 0 Å². The smallest absolute Gasteiger partial charge is 0.126 e. The van der Waals surface area contributed by atoms with E-state index in [1.54, 1.807) is 13.0 Å². The van der Waals surface area contributed by atoms with E-state index in [-0.39, 0.29) is 11.9 Å². The van der Waals surface area contributed by atoms with Crippen LogP contribution in [0.15, 0.2) is 18.2 Å². The van der Waals surface area contributed by atoms with Gasteiger partial charge in [0, 0.05) is 6.04 Å². The Kier molecular flexibility index (Phi) is 4.72. The number of benzene rings is 1. The lowest BCUT2D eigenvalue weighted by molar-refractivity contribution is 0.348. The van der Waals surface area contributed by atoms with Crippen molar-refractivity contribution >= 4 is 0 Å². The topological polar surface area (TPSA) is 24.1 Å². The third kappa shape index (κ3) is 3.53. The van der Waals surface area contributed by atoms with Crippen LogP contribution in [0.1, 0.15) is 36.9 Å². The summed E-state index contributed by atoms with van der Waals surface area (Å²) in [6.07, 6.45) is 2.55. The van der Waals surface area contributed by atoms with Gasteiger partial charge in [0.05, 0.1) is 0 Å². The lowest BCUT2D eigenvalue weighted by atomic mass is 9.98. The quantitative estimate of drug-likeness (QED) is 0.858. The van der Waals surface area contributed by atoms with Crippen LogP contribution >= 0.6 is 0 Å². The molecule has 1 saturated heterocycles. The predicted octanol–water partition coefficient (Wildman–Crippen LogP) is 2.78. The molecule has 0 bridgehead atoms. The lowest BCUT2D eigenvalue weighted by Crippen LogP contribution is -2.36. The highest BCUT2D eigenvalue weighted by Crippen LogP contribution is 2.17. The maximum absolute atomic E-state index is 13.5. The van der Waals surface area contributed by atoms with Gasteiger partial charge in [0.1, 0.15) is 5.82 Å². The fraction of sp³-hybridized carbons (Fsp3) is 0.600. The Morgan fingerprint density at radius 1 is 1.50 bits per heavy atom. The van der Waals surface area contributed by atoms with Gasteiger partial charge in [-0.1, -0.05) is 12.1 Å². The van der Waals surface area contributed by atoms with Crippen LogP contribution in [0.2, 0.25) is 0 Å². The summed E-state index contributed by atoms with van der Waals surface area (Å²) in [5.41, 5.74) is 1.74. The van der Waals surface area contributed by atoms with Crippen LogP contribution in [0.4, 0.5) is 4.39 Å². The number of halogens is 1. The maximum Gasteiger partial charge on any atom is 0.126 e. The van der Waals surface area contributed by atoms with Crippen LogP contribution in [0.5, 0.6) is 0 Å². The Morgan fingerprint density at radius 3 is 3.00 bits per heavy atom. The van der Waals surface area contributed by atoms with E-state index in [1.165, 1.54) is 12.8 Å². The molecule has 1 fully saturated rings. The number of aryl methyl sites for hydroxylation is 1. The molecule has 18 heavy (non-hydrogen) atoms. The zero-order valence-corrected chi connectivity index (χ0v) is 11.3. The molecule has 2 rings (SSSR count). The van der Waals surface area contributed by atoms with Gasteiger partial charge in [-0.25, -0.2) is 4.39 Å². The fourth-order valence-electron chi connectivity index (χ4n) is 2.44. The summed E-state index contributed by atoms with van der Waals surface area (Å²) < 4.78 is 13.5. The minimum Gasteiger partial charge on any atom is -0.316 e. The largest absolute Gasteiger partial charge is 0.316 e. The van der Waals surface area contributed by atoms with E-state index >= 15 is 0 Å². The minimum absolute atomic E-state index is 0.111. The summed E-state index contributed by atoms with van der Waals surface area (Å²) >= 11 is 0. The van der Waals surface area contributed by atoms with Gasteiger partial charge in [-0.3, -0.25) is 0 Å². The molecule has 0 aliphatic carbocycles. The highest BCUT2D eigenvalue weighted by Gasteiger charge is 2.14. The van der Waals surface area contributed by atoms with E-state index < -0.39 is 0 Å². The second-order valence-electron chi connectivity index (χ2n) is 5.35. The molecule has 0 saturated carbocycles. The first-order valence-corrected chi connectivity index (χ1v) is 6.87. The molecule has 1 aliphatic heterocycles. The van der Waals surface area contributed by atoms with E-state index in [4.69, 9.17) is 0 Å². The molecule has 0 aromatic heterocycles. The number of nitrogens with one attached hydrogen (secondary N) is 2. The summed E-state index contributed by atoms with van der Waals surface area (Å²) in [7, 11) is 0. The standard InChI is InChI=1S/C15H23FN2/c1-11-5-6-14(8-15(11)16)12(2)18-10-13-4-3-7-17-9-13/h5-6,8,12-13,17-18H,3-4,7,9-10H2,1-2H3. The maximum atomic E-state index is 13.5. The van der Waals surface area contributed by atoms with Crippen LogP contribution in [-0.4, -0.2) is 19.6 Å². The van der Waals surface area contributed by atoms with Gasteiger partial charge in [0.2, 0.25) is 0 Å². The number of rotatable bonds is 4. The number of hydrogen-bond donors (Lipinski definition) is 2. The van der Waals surface area contributed by atoms with Crippen molar-refractivity contribution in [2.45, 2.75) is 32.7 Å². The molecule has 1 aromatic rings. The summed E-state index contributed by atoms with van der Waals surface area (Å²) in [5, 5.41) is 6.92. The van der Waals surface area contributed by atoms with Crippen molar-refractivity contribution in [2.75, 3.05) is 19.6 Å². The highest BCUT2D eigenvalue weighted by molar-refractivity contribution is 5.25. The Labute approximate surface area is 109 Å². The SMILES string of the molecule is Cc1ccc(C(C)NCC2CCCNC2)cc1F. The highest BCUT2D eigenvalue weighted by atomic mass is 19.1. The fourth-order valence-corrected chi connectivity index (χ4v) is 2.44. The van der Waals surface area contributed by atoms with Gasteiger partial charge in [-0.05, 0) is 69.4 Å². The third-order valence-electron chi connectivity index (χ3n) is 3.81. The minimum atomic E-state index is -0.111. The number of piperidine rings is 1. The first-order chi connectivity index (χ1) is 8.66. The molecule has 1 heterocycles. The monoisotopic (exact) mass is 250 g/mol. The molecule has 2 unspecified atom stereocenters. The normalized spacial score (nSPS) is 21.8. The van der Waals surface area contributed by atoms with Gasteiger partial charge in [0.15, 0.2) is 0 Å². The molecule has 2 N–H and O–H groups in total. The van der Waals surface area contributed by atoms with Gasteiger partial charge in [-0.15, -0.1) is 0 Å². The van der Waals surface area contributed by atoms with Gasteiger partial charge < -0.3 is 10.6 Å². The molecular formula is C15H23FN2. The van der Waals surface area contributed by atoms with Crippen molar-refractivity contribution in [1.29, 1.82) is 0 Å². The summed E-state index contributed by atoms with van der Waals surface area (Å²) in [5.74, 6) is 0.594. The Bertz CT molecular complexity index is 386. The molecule has 2 nitrogen and oxygen atoms in total. The first-order valence-electron chi connectivity index (χ1n) is 6.87. The Hall–Kier alpha value is -0.930. The third-order valence-corrected chi connectivity index (χ3v) is 3.81. The lowest BCUT2D eigenvalue weighted by Gasteiger charge is -2.25. The van der Waals surface area contributed by atoms with Crippen LogP contribution in [0, 0.1) is 18.7 Å². The summed E-state index contributed by atoms with van der Waals surface area (Å²) in [6, 6.07) is 5.72. The zero-order valence-electron chi connectivity index (χ0n) is 11.3. The Morgan fingerprint density at radius 2 is 2.33 bits per heavy atom. The van der Waals surface area contributed by atoms with Gasteiger partial charge in [0.25, 0.3) is 0 Å². The van der Waals surface area contributed by atoms with E-state index in [2.05, 4.69) is 17.6 Å². The second-order valence-corrected chi connectivity index (χ2v) is 5.35. The molecule has 1 aromatic carbocycles. The van der Waals surface area contributed by atoms with Crippen molar-refractivity contribution in [3.63, 3.8) is 0 Å². The predicted molar refractivity (Wildman–Crippen MR) is 73.1 cm³/mol. The first kappa shape index (κ1) is 13.5. The van der Waals surface area contributed by atoms with E-state index in [1.807, 2.05) is 12.1 Å². The Balaban J connectivity index is 1.86. The van der Waals surface area contributed by atoms with Gasteiger partial charge in [-0.2, -0.15) is 0 Å². The average molecular weight is 250 g/mol. The molecule has 0 radical (unpaired) electrons. The molecule has 0 spiro atoms. The molecule has 3 heteroatoms. The van der Waals surface area contributed by atoms with Crippen LogP contribution in [0.25, 0.3) is 0 Å². The summed E-state index contributed by atoms with van der Waals surface area (Å²) in [4.78, 5) is 0. The molecule has 1 aliphatic rings. The van der Waals surface area contributed by atoms with Gasteiger partial charge >= 0.3 is 0 Å². The molecule has 2 atom stereocenters.